The van der Waals surface area contributed by atoms with Crippen molar-refractivity contribution in [2.75, 3.05) is 38.5 Å². The predicted molar refractivity (Wildman–Crippen MR) is 77.5 cm³/mol. The van der Waals surface area contributed by atoms with E-state index in [1.165, 1.54) is 12.8 Å². The van der Waals surface area contributed by atoms with Gasteiger partial charge in [0.25, 0.3) is 0 Å². The van der Waals surface area contributed by atoms with Gasteiger partial charge in [-0.1, -0.05) is 6.92 Å². The molecule has 0 spiro atoms. The SMILES string of the molecule is CC1CCN(CCN2CC(CS(N)(=O)=O)CC2=O)CC1. The van der Waals surface area contributed by atoms with Crippen LogP contribution in [0.15, 0.2) is 0 Å². The van der Waals surface area contributed by atoms with Crippen molar-refractivity contribution in [1.82, 2.24) is 9.80 Å². The molecule has 0 bridgehead atoms. The Morgan fingerprint density at radius 1 is 1.25 bits per heavy atom. The van der Waals surface area contributed by atoms with Gasteiger partial charge in [-0.3, -0.25) is 4.79 Å². The van der Waals surface area contributed by atoms with Crippen molar-refractivity contribution in [2.45, 2.75) is 26.2 Å². The lowest BCUT2D eigenvalue weighted by molar-refractivity contribution is -0.127. The number of nitrogens with two attached hydrogens (primary N) is 1. The summed E-state index contributed by atoms with van der Waals surface area (Å²) in [6.45, 7) is 6.60. The molecule has 2 rings (SSSR count). The molecule has 2 aliphatic rings. The van der Waals surface area contributed by atoms with Crippen molar-refractivity contribution in [3.05, 3.63) is 0 Å². The van der Waals surface area contributed by atoms with Crippen LogP contribution >= 0.6 is 0 Å². The number of primary sulfonamides is 1. The molecule has 0 aromatic rings. The fraction of sp³-hybridized carbons (Fsp3) is 0.923. The minimum atomic E-state index is -3.49. The van der Waals surface area contributed by atoms with Crippen molar-refractivity contribution in [3.63, 3.8) is 0 Å². The van der Waals surface area contributed by atoms with Crippen molar-refractivity contribution in [3.8, 4) is 0 Å². The molecule has 1 amide bonds. The Labute approximate surface area is 121 Å². The van der Waals surface area contributed by atoms with Crippen LogP contribution in [0.25, 0.3) is 0 Å². The zero-order valence-electron chi connectivity index (χ0n) is 12.1. The summed E-state index contributed by atoms with van der Waals surface area (Å²) in [5.41, 5.74) is 0. The highest BCUT2D eigenvalue weighted by Crippen LogP contribution is 2.20. The zero-order chi connectivity index (χ0) is 14.8. The number of nitrogens with zero attached hydrogens (tertiary/aromatic N) is 2. The summed E-state index contributed by atoms with van der Waals surface area (Å²) < 4.78 is 22.2. The number of amides is 1. The molecule has 0 aromatic heterocycles. The van der Waals surface area contributed by atoms with E-state index >= 15 is 0 Å². The molecule has 6 nitrogen and oxygen atoms in total. The average molecular weight is 303 g/mol. The minimum absolute atomic E-state index is 0.0593. The molecule has 0 radical (unpaired) electrons. The minimum Gasteiger partial charge on any atom is -0.341 e. The molecule has 20 heavy (non-hydrogen) atoms. The number of sulfonamides is 1. The molecule has 1 unspecified atom stereocenters. The Morgan fingerprint density at radius 2 is 1.90 bits per heavy atom. The van der Waals surface area contributed by atoms with E-state index in [0.717, 1.165) is 25.6 Å². The third kappa shape index (κ3) is 4.71. The van der Waals surface area contributed by atoms with E-state index in [2.05, 4.69) is 11.8 Å². The fourth-order valence-corrected chi connectivity index (χ4v) is 3.94. The number of rotatable bonds is 5. The van der Waals surface area contributed by atoms with Crippen LogP contribution in [0.2, 0.25) is 0 Å². The molecular weight excluding hydrogens is 278 g/mol. The molecule has 2 N–H and O–H groups in total. The highest BCUT2D eigenvalue weighted by Gasteiger charge is 2.32. The highest BCUT2D eigenvalue weighted by molar-refractivity contribution is 7.89. The second kappa shape index (κ2) is 6.41. The number of carbonyl (C=O) groups is 1. The summed E-state index contributed by atoms with van der Waals surface area (Å²) >= 11 is 0. The molecule has 2 fully saturated rings. The Bertz CT molecular complexity index is 444. The van der Waals surface area contributed by atoms with E-state index < -0.39 is 10.0 Å². The summed E-state index contributed by atoms with van der Waals surface area (Å²) in [6, 6.07) is 0. The lowest BCUT2D eigenvalue weighted by atomic mass is 9.99. The first-order valence-electron chi connectivity index (χ1n) is 7.34. The van der Waals surface area contributed by atoms with Gasteiger partial charge in [-0.25, -0.2) is 13.6 Å². The zero-order valence-corrected chi connectivity index (χ0v) is 12.9. The maximum Gasteiger partial charge on any atom is 0.223 e. The normalized spacial score (nSPS) is 26.4. The smallest absolute Gasteiger partial charge is 0.223 e. The van der Waals surface area contributed by atoms with Crippen molar-refractivity contribution >= 4 is 15.9 Å². The number of likely N-dealkylation sites (tertiary alicyclic amines) is 2. The largest absolute Gasteiger partial charge is 0.341 e. The van der Waals surface area contributed by atoms with Gasteiger partial charge in [0.15, 0.2) is 0 Å². The number of hydrogen-bond donors (Lipinski definition) is 1. The van der Waals surface area contributed by atoms with Crippen molar-refractivity contribution in [1.29, 1.82) is 0 Å². The van der Waals surface area contributed by atoms with Crippen molar-refractivity contribution in [2.24, 2.45) is 17.0 Å². The Kier molecular flexibility index (Phi) is 5.04. The summed E-state index contributed by atoms with van der Waals surface area (Å²) in [7, 11) is -3.49. The van der Waals surface area contributed by atoms with Gasteiger partial charge in [0, 0.05) is 32.0 Å². The van der Waals surface area contributed by atoms with Gasteiger partial charge in [0.2, 0.25) is 15.9 Å². The Morgan fingerprint density at radius 3 is 2.50 bits per heavy atom. The molecule has 2 heterocycles. The molecule has 116 valence electrons. The molecule has 0 saturated carbocycles. The van der Waals surface area contributed by atoms with Gasteiger partial charge in [0.1, 0.15) is 0 Å². The Hall–Kier alpha value is -0.660. The van der Waals surface area contributed by atoms with Crippen LogP contribution in [0, 0.1) is 11.8 Å². The standard InChI is InChI=1S/C13H25N3O3S/c1-11-2-4-15(5-3-11)6-7-16-9-12(8-13(16)17)10-20(14,18)19/h11-12H,2-10H2,1H3,(H2,14,18,19). The van der Waals surface area contributed by atoms with E-state index in [1.54, 1.807) is 4.90 Å². The maximum atomic E-state index is 11.9. The van der Waals surface area contributed by atoms with Crippen LogP contribution in [-0.2, 0) is 14.8 Å². The summed E-state index contributed by atoms with van der Waals surface area (Å²) in [6.07, 6.45) is 2.76. The summed E-state index contributed by atoms with van der Waals surface area (Å²) in [5, 5.41) is 5.04. The van der Waals surface area contributed by atoms with Gasteiger partial charge < -0.3 is 9.80 Å². The van der Waals surface area contributed by atoms with Crippen LogP contribution in [0.1, 0.15) is 26.2 Å². The molecule has 0 aromatic carbocycles. The second-order valence-corrected chi connectivity index (χ2v) is 7.92. The van der Waals surface area contributed by atoms with Crippen molar-refractivity contribution < 1.29 is 13.2 Å². The maximum absolute atomic E-state index is 11.9. The number of hydrogen-bond acceptors (Lipinski definition) is 4. The molecule has 0 aliphatic carbocycles. The quantitative estimate of drug-likeness (QED) is 0.766. The fourth-order valence-electron chi connectivity index (χ4n) is 3.06. The van der Waals surface area contributed by atoms with Crippen LogP contribution in [0.3, 0.4) is 0 Å². The topological polar surface area (TPSA) is 83.7 Å². The first-order chi connectivity index (χ1) is 9.33. The third-order valence-electron chi connectivity index (χ3n) is 4.32. The van der Waals surface area contributed by atoms with E-state index in [9.17, 15) is 13.2 Å². The second-order valence-electron chi connectivity index (χ2n) is 6.26. The van der Waals surface area contributed by atoms with E-state index in [1.807, 2.05) is 0 Å². The lowest BCUT2D eigenvalue weighted by Gasteiger charge is -2.31. The summed E-state index contributed by atoms with van der Waals surface area (Å²) in [4.78, 5) is 16.0. The highest BCUT2D eigenvalue weighted by atomic mass is 32.2. The van der Waals surface area contributed by atoms with Crippen LogP contribution in [-0.4, -0.2) is 62.6 Å². The van der Waals surface area contributed by atoms with Crippen LogP contribution in [0.4, 0.5) is 0 Å². The predicted octanol–water partition coefficient (Wildman–Crippen LogP) is -0.145. The van der Waals surface area contributed by atoms with E-state index in [-0.39, 0.29) is 17.6 Å². The van der Waals surface area contributed by atoms with Gasteiger partial charge in [-0.05, 0) is 31.8 Å². The molecule has 1 atom stereocenters. The van der Waals surface area contributed by atoms with Crippen LogP contribution < -0.4 is 5.14 Å². The molecular formula is C13H25N3O3S. The van der Waals surface area contributed by atoms with Gasteiger partial charge in [0.05, 0.1) is 5.75 Å². The first kappa shape index (κ1) is 15.7. The average Bonchev–Trinajstić information content (AvgIpc) is 2.66. The van der Waals surface area contributed by atoms with E-state index in [0.29, 0.717) is 19.5 Å². The molecule has 2 saturated heterocycles. The van der Waals surface area contributed by atoms with Gasteiger partial charge in [-0.15, -0.1) is 0 Å². The molecule has 2 aliphatic heterocycles. The van der Waals surface area contributed by atoms with Gasteiger partial charge >= 0.3 is 0 Å². The number of piperidine rings is 1. The lowest BCUT2D eigenvalue weighted by Crippen LogP contribution is -2.40. The third-order valence-corrected chi connectivity index (χ3v) is 5.26. The molecule has 7 heteroatoms. The Balaban J connectivity index is 1.75. The van der Waals surface area contributed by atoms with Crippen LogP contribution in [0.5, 0.6) is 0 Å². The van der Waals surface area contributed by atoms with E-state index in [4.69, 9.17) is 5.14 Å². The first-order valence-corrected chi connectivity index (χ1v) is 9.05. The monoisotopic (exact) mass is 303 g/mol. The summed E-state index contributed by atoms with van der Waals surface area (Å²) in [5.74, 6) is 0.637. The van der Waals surface area contributed by atoms with Gasteiger partial charge in [-0.2, -0.15) is 0 Å². The number of carbonyl (C=O) groups excluding carboxylic acids is 1.